The van der Waals surface area contributed by atoms with Crippen LogP contribution in [0.2, 0.25) is 0 Å². The summed E-state index contributed by atoms with van der Waals surface area (Å²) in [7, 11) is -3.31. The zero-order chi connectivity index (χ0) is 19.0. The molecule has 0 unspecified atom stereocenters. The van der Waals surface area contributed by atoms with Gasteiger partial charge < -0.3 is 14.5 Å². The summed E-state index contributed by atoms with van der Waals surface area (Å²) < 4.78 is 27.3. The average Bonchev–Trinajstić information content (AvgIpc) is 3.19. The van der Waals surface area contributed by atoms with Gasteiger partial charge in [-0.3, -0.25) is 4.79 Å². The molecular formula is C18H21N5O3S. The van der Waals surface area contributed by atoms with E-state index in [0.29, 0.717) is 24.3 Å². The van der Waals surface area contributed by atoms with Crippen molar-refractivity contribution in [3.8, 4) is 0 Å². The summed E-state index contributed by atoms with van der Waals surface area (Å²) in [6.07, 6.45) is 5.51. The maximum absolute atomic E-state index is 13.1. The molecule has 1 aromatic carbocycles. The van der Waals surface area contributed by atoms with Crippen LogP contribution in [0.25, 0.3) is 10.9 Å². The Balaban J connectivity index is 1.58. The summed E-state index contributed by atoms with van der Waals surface area (Å²) in [5, 5.41) is 0.999. The summed E-state index contributed by atoms with van der Waals surface area (Å²) in [5.74, 6) is -0.0326. The van der Waals surface area contributed by atoms with Gasteiger partial charge in [-0.05, 0) is 30.7 Å². The van der Waals surface area contributed by atoms with Crippen LogP contribution in [0.5, 0.6) is 0 Å². The third-order valence-electron chi connectivity index (χ3n) is 4.79. The van der Waals surface area contributed by atoms with Gasteiger partial charge in [0, 0.05) is 35.8 Å². The van der Waals surface area contributed by atoms with Crippen molar-refractivity contribution in [2.24, 2.45) is 0 Å². The lowest BCUT2D eigenvalue weighted by Gasteiger charge is -2.21. The number of amides is 1. The highest BCUT2D eigenvalue weighted by Crippen LogP contribution is 2.20. The standard InChI is InChI=1S/C18H21N5O3S/c1-27(25,26)21-10-16-17-11-22(7-2-8-23(17)12-20-16)18(24)14-3-4-15-13(9-14)5-6-19-15/h3-6,9,12,19,21H,2,7-8,10-11H2,1H3. The molecular weight excluding hydrogens is 366 g/mol. The fourth-order valence-corrected chi connectivity index (χ4v) is 3.80. The molecule has 0 saturated carbocycles. The number of aromatic amines is 1. The summed E-state index contributed by atoms with van der Waals surface area (Å²) in [4.78, 5) is 22.3. The first kappa shape index (κ1) is 17.7. The van der Waals surface area contributed by atoms with Crippen LogP contribution in [0.1, 0.15) is 28.2 Å². The number of aryl methyl sites for hydroxylation is 1. The molecule has 8 nitrogen and oxygen atoms in total. The van der Waals surface area contributed by atoms with Gasteiger partial charge in [0.25, 0.3) is 5.91 Å². The summed E-state index contributed by atoms with van der Waals surface area (Å²) >= 11 is 0. The van der Waals surface area contributed by atoms with Crippen LogP contribution in [0.15, 0.2) is 36.8 Å². The van der Waals surface area contributed by atoms with Crippen molar-refractivity contribution in [3.63, 3.8) is 0 Å². The number of carbonyl (C=O) groups excluding carboxylic acids is 1. The molecule has 0 spiro atoms. The summed E-state index contributed by atoms with van der Waals surface area (Å²) in [6, 6.07) is 7.57. The van der Waals surface area contributed by atoms with Crippen molar-refractivity contribution in [2.75, 3.05) is 12.8 Å². The highest BCUT2D eigenvalue weighted by atomic mass is 32.2. The molecule has 0 aliphatic carbocycles. The number of hydrogen-bond acceptors (Lipinski definition) is 4. The van der Waals surface area contributed by atoms with E-state index >= 15 is 0 Å². The normalized spacial score (nSPS) is 14.9. The van der Waals surface area contributed by atoms with Crippen molar-refractivity contribution in [3.05, 3.63) is 53.7 Å². The molecule has 3 heterocycles. The van der Waals surface area contributed by atoms with E-state index in [1.54, 1.807) is 11.2 Å². The highest BCUT2D eigenvalue weighted by Gasteiger charge is 2.23. The minimum atomic E-state index is -3.31. The van der Waals surface area contributed by atoms with Crippen molar-refractivity contribution in [1.82, 2.24) is 24.2 Å². The van der Waals surface area contributed by atoms with Crippen LogP contribution in [0.3, 0.4) is 0 Å². The smallest absolute Gasteiger partial charge is 0.254 e. The van der Waals surface area contributed by atoms with E-state index < -0.39 is 10.0 Å². The fraction of sp³-hybridized carbons (Fsp3) is 0.333. The molecule has 3 aromatic rings. The number of nitrogens with one attached hydrogen (secondary N) is 2. The molecule has 142 valence electrons. The van der Waals surface area contributed by atoms with Crippen molar-refractivity contribution < 1.29 is 13.2 Å². The SMILES string of the molecule is CS(=O)(=O)NCc1ncn2c1CN(C(=O)c1ccc3[nH]ccc3c1)CCC2. The number of imidazole rings is 1. The van der Waals surface area contributed by atoms with Gasteiger partial charge in [0.15, 0.2) is 0 Å². The Labute approximate surface area is 157 Å². The van der Waals surface area contributed by atoms with Gasteiger partial charge in [0.2, 0.25) is 10.0 Å². The Morgan fingerprint density at radius 3 is 2.96 bits per heavy atom. The highest BCUT2D eigenvalue weighted by molar-refractivity contribution is 7.88. The minimum absolute atomic E-state index is 0.0326. The molecule has 9 heteroatoms. The lowest BCUT2D eigenvalue weighted by atomic mass is 10.1. The monoisotopic (exact) mass is 387 g/mol. The molecule has 27 heavy (non-hydrogen) atoms. The molecule has 2 N–H and O–H groups in total. The molecule has 0 saturated heterocycles. The van der Waals surface area contributed by atoms with Gasteiger partial charge in [0.1, 0.15) is 0 Å². The molecule has 0 bridgehead atoms. The van der Waals surface area contributed by atoms with Crippen LogP contribution in [-0.2, 0) is 29.7 Å². The number of aromatic nitrogens is 3. The predicted octanol–water partition coefficient (Wildman–Crippen LogP) is 1.46. The quantitative estimate of drug-likeness (QED) is 0.708. The number of benzene rings is 1. The van der Waals surface area contributed by atoms with Crippen LogP contribution < -0.4 is 4.72 Å². The van der Waals surface area contributed by atoms with Crippen LogP contribution in [0, 0.1) is 0 Å². The third kappa shape index (κ3) is 3.74. The minimum Gasteiger partial charge on any atom is -0.361 e. The first-order valence-electron chi connectivity index (χ1n) is 8.75. The second-order valence-electron chi connectivity index (χ2n) is 6.78. The van der Waals surface area contributed by atoms with Gasteiger partial charge in [-0.2, -0.15) is 0 Å². The Morgan fingerprint density at radius 2 is 2.15 bits per heavy atom. The van der Waals surface area contributed by atoms with Gasteiger partial charge in [-0.15, -0.1) is 0 Å². The lowest BCUT2D eigenvalue weighted by Crippen LogP contribution is -2.31. The van der Waals surface area contributed by atoms with Crippen molar-refractivity contribution in [1.29, 1.82) is 0 Å². The third-order valence-corrected chi connectivity index (χ3v) is 5.46. The van der Waals surface area contributed by atoms with Gasteiger partial charge >= 0.3 is 0 Å². The van der Waals surface area contributed by atoms with E-state index in [-0.39, 0.29) is 12.5 Å². The van der Waals surface area contributed by atoms with E-state index in [9.17, 15) is 13.2 Å². The second kappa shape index (κ2) is 6.82. The van der Waals surface area contributed by atoms with E-state index in [2.05, 4.69) is 14.7 Å². The maximum Gasteiger partial charge on any atom is 0.254 e. The van der Waals surface area contributed by atoms with Gasteiger partial charge in [-0.25, -0.2) is 18.1 Å². The van der Waals surface area contributed by atoms with E-state index in [4.69, 9.17) is 0 Å². The Morgan fingerprint density at radius 1 is 1.30 bits per heavy atom. The van der Waals surface area contributed by atoms with Crippen LogP contribution in [0.4, 0.5) is 0 Å². The van der Waals surface area contributed by atoms with Crippen LogP contribution >= 0.6 is 0 Å². The molecule has 1 aliphatic rings. The second-order valence-corrected chi connectivity index (χ2v) is 8.62. The topological polar surface area (TPSA) is 100 Å². The predicted molar refractivity (Wildman–Crippen MR) is 102 cm³/mol. The number of sulfonamides is 1. The van der Waals surface area contributed by atoms with Crippen molar-refractivity contribution >= 4 is 26.8 Å². The fourth-order valence-electron chi connectivity index (χ4n) is 3.41. The summed E-state index contributed by atoms with van der Waals surface area (Å²) in [6.45, 7) is 1.93. The van der Waals surface area contributed by atoms with E-state index in [0.717, 1.165) is 35.8 Å². The maximum atomic E-state index is 13.1. The number of hydrogen-bond donors (Lipinski definition) is 2. The molecule has 0 fully saturated rings. The Bertz CT molecular complexity index is 1100. The first-order chi connectivity index (χ1) is 12.9. The molecule has 0 atom stereocenters. The number of carbonyl (C=O) groups is 1. The average molecular weight is 387 g/mol. The Hall–Kier alpha value is -2.65. The van der Waals surface area contributed by atoms with E-state index in [1.807, 2.05) is 35.0 Å². The van der Waals surface area contributed by atoms with Gasteiger partial charge in [-0.1, -0.05) is 0 Å². The summed E-state index contributed by atoms with van der Waals surface area (Å²) in [5.41, 5.74) is 3.17. The number of rotatable bonds is 4. The molecule has 2 aromatic heterocycles. The zero-order valence-corrected chi connectivity index (χ0v) is 15.8. The molecule has 0 radical (unpaired) electrons. The molecule has 1 aliphatic heterocycles. The number of H-pyrrole nitrogens is 1. The molecule has 4 rings (SSSR count). The van der Waals surface area contributed by atoms with Crippen LogP contribution in [-0.4, -0.2) is 46.6 Å². The largest absolute Gasteiger partial charge is 0.361 e. The number of fused-ring (bicyclic) bond motifs is 2. The molecule has 1 amide bonds. The van der Waals surface area contributed by atoms with Gasteiger partial charge in [0.05, 0.1) is 37.1 Å². The van der Waals surface area contributed by atoms with E-state index in [1.165, 1.54) is 0 Å². The lowest BCUT2D eigenvalue weighted by molar-refractivity contribution is 0.0745. The zero-order valence-electron chi connectivity index (χ0n) is 15.0. The van der Waals surface area contributed by atoms with Crippen molar-refractivity contribution in [2.45, 2.75) is 26.1 Å². The Kier molecular flexibility index (Phi) is 4.48. The number of nitrogens with zero attached hydrogens (tertiary/aromatic N) is 3. The first-order valence-corrected chi connectivity index (χ1v) is 10.6.